The summed E-state index contributed by atoms with van der Waals surface area (Å²) in [7, 11) is 3.07. The van der Waals surface area contributed by atoms with Crippen molar-refractivity contribution in [1.82, 2.24) is 15.0 Å². The van der Waals surface area contributed by atoms with Crippen LogP contribution in [0.3, 0.4) is 0 Å². The summed E-state index contributed by atoms with van der Waals surface area (Å²) in [6.45, 7) is 6.56. The number of aromatic nitrogens is 3. The van der Waals surface area contributed by atoms with E-state index in [1.165, 1.54) is 12.0 Å². The second-order valence-corrected chi connectivity index (χ2v) is 10.2. The van der Waals surface area contributed by atoms with Crippen LogP contribution in [0.2, 0.25) is 0 Å². The molecule has 8 nitrogen and oxygen atoms in total. The van der Waals surface area contributed by atoms with Crippen molar-refractivity contribution in [3.63, 3.8) is 0 Å². The summed E-state index contributed by atoms with van der Waals surface area (Å²) in [5.41, 5.74) is 1.52. The van der Waals surface area contributed by atoms with E-state index in [-0.39, 0.29) is 23.4 Å². The topological polar surface area (TPSA) is 95.3 Å². The lowest BCUT2D eigenvalue weighted by molar-refractivity contribution is -0.117. The number of nitrogens with zero attached hydrogens (tertiary/aromatic N) is 3. The lowest BCUT2D eigenvalue weighted by Crippen LogP contribution is -2.31. The van der Waals surface area contributed by atoms with E-state index >= 15 is 0 Å². The highest BCUT2D eigenvalue weighted by Gasteiger charge is 2.32. The van der Waals surface area contributed by atoms with E-state index in [2.05, 4.69) is 36.4 Å². The van der Waals surface area contributed by atoms with Crippen molar-refractivity contribution in [2.45, 2.75) is 46.6 Å². The smallest absolute Gasteiger partial charge is 0.279 e. The van der Waals surface area contributed by atoms with Crippen LogP contribution in [0.15, 0.2) is 23.0 Å². The predicted octanol–water partition coefficient (Wildman–Crippen LogP) is 3.66. The molecular weight excluding hydrogens is 428 g/mol. The van der Waals surface area contributed by atoms with Gasteiger partial charge in [-0.15, -0.1) is 16.4 Å². The minimum atomic E-state index is -0.388. The Hall–Kier alpha value is -2.94. The van der Waals surface area contributed by atoms with E-state index in [4.69, 9.17) is 9.47 Å². The lowest BCUT2D eigenvalue weighted by Gasteiger charge is -2.33. The molecule has 9 heteroatoms. The highest BCUT2D eigenvalue weighted by Crippen LogP contribution is 2.41. The third kappa shape index (κ3) is 4.21. The van der Waals surface area contributed by atoms with Crippen LogP contribution in [-0.4, -0.2) is 35.1 Å². The zero-order valence-corrected chi connectivity index (χ0v) is 19.8. The zero-order valence-electron chi connectivity index (χ0n) is 19.0. The van der Waals surface area contributed by atoms with Crippen LogP contribution in [0.5, 0.6) is 11.5 Å². The van der Waals surface area contributed by atoms with Crippen molar-refractivity contribution in [2.75, 3.05) is 19.5 Å². The molecule has 1 aliphatic rings. The first kappa shape index (κ1) is 22.3. The van der Waals surface area contributed by atoms with Crippen LogP contribution in [0, 0.1) is 11.3 Å². The molecule has 3 aromatic rings. The predicted molar refractivity (Wildman–Crippen MR) is 125 cm³/mol. The number of thiophene rings is 1. The number of nitrogens with one attached hydrogen (secondary N) is 1. The van der Waals surface area contributed by atoms with Gasteiger partial charge in [-0.05, 0) is 48.3 Å². The number of rotatable bonds is 5. The summed E-state index contributed by atoms with van der Waals surface area (Å²) >= 11 is 1.56. The van der Waals surface area contributed by atoms with Crippen LogP contribution in [0.1, 0.15) is 37.6 Å². The van der Waals surface area contributed by atoms with E-state index in [1.807, 2.05) is 0 Å². The van der Waals surface area contributed by atoms with Gasteiger partial charge in [0.25, 0.3) is 5.56 Å². The number of ether oxygens (including phenoxy) is 2. The maximum Gasteiger partial charge on any atom is 0.279 e. The van der Waals surface area contributed by atoms with Gasteiger partial charge >= 0.3 is 0 Å². The fourth-order valence-electron chi connectivity index (χ4n) is 4.20. The van der Waals surface area contributed by atoms with Gasteiger partial charge in [0.15, 0.2) is 4.83 Å². The molecule has 0 radical (unpaired) electrons. The number of carbonyl (C=O) groups excluding carboxylic acids is 1. The average Bonchev–Trinajstić information content (AvgIpc) is 3.14. The Kier molecular flexibility index (Phi) is 5.94. The number of hydrogen-bond donors (Lipinski definition) is 1. The molecule has 1 aromatic carbocycles. The Balaban J connectivity index is 1.58. The van der Waals surface area contributed by atoms with Gasteiger partial charge in [-0.1, -0.05) is 26.0 Å². The molecule has 0 saturated heterocycles. The Morgan fingerprint density at radius 1 is 1.28 bits per heavy atom. The Labute approximate surface area is 190 Å². The molecular formula is C23H28N4O4S. The van der Waals surface area contributed by atoms with Crippen molar-refractivity contribution >= 4 is 33.1 Å². The number of aryl methyl sites for hydroxylation is 1. The summed E-state index contributed by atoms with van der Waals surface area (Å²) in [5, 5.41) is 11.7. The summed E-state index contributed by atoms with van der Waals surface area (Å²) in [6, 6.07) is 5.09. The standard InChI is InChI=1S/C23H28N4O4S/c1-23(2,3)13-6-8-15-18(10-13)32-21-20(15)22(29)27(26-25-21)12-19(28)24-16-9-7-14(30-4)11-17(16)31-5/h7,9,11,13H,6,8,10,12H2,1-5H3,(H,24,28). The molecule has 1 N–H and O–H groups in total. The number of fused-ring (bicyclic) bond motifs is 3. The molecule has 2 heterocycles. The third-order valence-electron chi connectivity index (χ3n) is 6.14. The molecule has 0 saturated carbocycles. The maximum absolute atomic E-state index is 13.2. The molecule has 0 aliphatic heterocycles. The Morgan fingerprint density at radius 3 is 2.75 bits per heavy atom. The van der Waals surface area contributed by atoms with Gasteiger partial charge in [0.2, 0.25) is 5.91 Å². The number of anilines is 1. The van der Waals surface area contributed by atoms with E-state index in [9.17, 15) is 9.59 Å². The summed E-state index contributed by atoms with van der Waals surface area (Å²) in [6.07, 6.45) is 2.85. The molecule has 0 bridgehead atoms. The van der Waals surface area contributed by atoms with Gasteiger partial charge < -0.3 is 14.8 Å². The average molecular weight is 457 g/mol. The summed E-state index contributed by atoms with van der Waals surface area (Å²) in [5.74, 6) is 1.26. The molecule has 170 valence electrons. The highest BCUT2D eigenvalue weighted by molar-refractivity contribution is 7.18. The fraction of sp³-hybridized carbons (Fsp3) is 0.478. The van der Waals surface area contributed by atoms with Gasteiger partial charge in [0, 0.05) is 10.9 Å². The second-order valence-electron chi connectivity index (χ2n) is 9.16. The van der Waals surface area contributed by atoms with Crippen LogP contribution < -0.4 is 20.3 Å². The minimum absolute atomic E-state index is 0.223. The van der Waals surface area contributed by atoms with Gasteiger partial charge in [0.05, 0.1) is 25.3 Å². The van der Waals surface area contributed by atoms with Crippen molar-refractivity contribution in [2.24, 2.45) is 11.3 Å². The minimum Gasteiger partial charge on any atom is -0.497 e. The van der Waals surface area contributed by atoms with E-state index in [0.29, 0.717) is 33.3 Å². The molecule has 1 atom stereocenters. The summed E-state index contributed by atoms with van der Waals surface area (Å²) in [4.78, 5) is 27.7. The van der Waals surface area contributed by atoms with Crippen molar-refractivity contribution in [1.29, 1.82) is 0 Å². The van der Waals surface area contributed by atoms with Gasteiger partial charge in [-0.3, -0.25) is 9.59 Å². The van der Waals surface area contributed by atoms with Gasteiger partial charge in [-0.2, -0.15) is 0 Å². The van der Waals surface area contributed by atoms with Gasteiger partial charge in [-0.25, -0.2) is 4.68 Å². The monoisotopic (exact) mass is 456 g/mol. The Morgan fingerprint density at radius 2 is 2.06 bits per heavy atom. The van der Waals surface area contributed by atoms with Crippen molar-refractivity contribution < 1.29 is 14.3 Å². The number of hydrogen-bond acceptors (Lipinski definition) is 7. The van der Waals surface area contributed by atoms with Crippen LogP contribution >= 0.6 is 11.3 Å². The van der Waals surface area contributed by atoms with Crippen molar-refractivity contribution in [3.8, 4) is 11.5 Å². The summed E-state index contributed by atoms with van der Waals surface area (Å²) < 4.78 is 11.6. The van der Waals surface area contributed by atoms with E-state index in [1.54, 1.807) is 36.6 Å². The Bertz CT molecular complexity index is 1230. The molecule has 4 rings (SSSR count). The number of methoxy groups -OCH3 is 2. The first-order valence-electron chi connectivity index (χ1n) is 10.6. The van der Waals surface area contributed by atoms with Crippen LogP contribution in [-0.2, 0) is 24.2 Å². The number of benzene rings is 1. The van der Waals surface area contributed by atoms with Crippen LogP contribution in [0.25, 0.3) is 10.2 Å². The van der Waals surface area contributed by atoms with E-state index in [0.717, 1.165) is 29.5 Å². The second kappa shape index (κ2) is 8.54. The fourth-order valence-corrected chi connectivity index (χ4v) is 5.43. The molecule has 2 aromatic heterocycles. The molecule has 32 heavy (non-hydrogen) atoms. The molecule has 1 aliphatic carbocycles. The van der Waals surface area contributed by atoms with Crippen molar-refractivity contribution in [3.05, 3.63) is 39.0 Å². The number of amides is 1. The SMILES string of the molecule is COc1ccc(NC(=O)Cn2nnc3sc4c(c3c2=O)CCC(C(C)(C)C)C4)c(OC)c1. The molecule has 0 spiro atoms. The largest absolute Gasteiger partial charge is 0.497 e. The third-order valence-corrected chi connectivity index (χ3v) is 7.28. The number of carbonyl (C=O) groups is 1. The first-order valence-corrected chi connectivity index (χ1v) is 11.4. The zero-order chi connectivity index (χ0) is 23.0. The maximum atomic E-state index is 13.2. The first-order chi connectivity index (χ1) is 15.2. The quantitative estimate of drug-likeness (QED) is 0.630. The normalized spacial score (nSPS) is 16.0. The highest BCUT2D eigenvalue weighted by atomic mass is 32.1. The lowest BCUT2D eigenvalue weighted by atomic mass is 9.72. The molecule has 0 fully saturated rings. The molecule has 1 amide bonds. The van der Waals surface area contributed by atoms with Gasteiger partial charge in [0.1, 0.15) is 18.0 Å². The van der Waals surface area contributed by atoms with Crippen LogP contribution in [0.4, 0.5) is 5.69 Å². The van der Waals surface area contributed by atoms with E-state index < -0.39 is 0 Å². The molecule has 1 unspecified atom stereocenters.